The maximum atomic E-state index is 12.7. The van der Waals surface area contributed by atoms with Gasteiger partial charge in [0.1, 0.15) is 13.2 Å². The van der Waals surface area contributed by atoms with Gasteiger partial charge in [-0.25, -0.2) is 8.42 Å². The van der Waals surface area contributed by atoms with Gasteiger partial charge in [-0.1, -0.05) is 26.5 Å². The first-order valence-electron chi connectivity index (χ1n) is 9.62. The number of ether oxygens (including phenoxy) is 2. The average Bonchev–Trinajstić information content (AvgIpc) is 2.77. The number of sulfonamides is 1. The summed E-state index contributed by atoms with van der Waals surface area (Å²) in [5.41, 5.74) is 6.69. The van der Waals surface area contributed by atoms with Gasteiger partial charge >= 0.3 is 0 Å². The lowest BCUT2D eigenvalue weighted by Crippen LogP contribution is -2.36. The summed E-state index contributed by atoms with van der Waals surface area (Å²) in [5.74, 6) is 0.792. The zero-order valence-electron chi connectivity index (χ0n) is 17.0. The summed E-state index contributed by atoms with van der Waals surface area (Å²) in [6, 6.07) is 11.3. The molecule has 1 aliphatic rings. The van der Waals surface area contributed by atoms with Crippen LogP contribution in [0.15, 0.2) is 53.9 Å². The van der Waals surface area contributed by atoms with Crippen molar-refractivity contribution >= 4 is 21.6 Å². The predicted molar refractivity (Wildman–Crippen MR) is 114 cm³/mol. The Labute approximate surface area is 176 Å². The second-order valence-electron chi connectivity index (χ2n) is 6.53. The van der Waals surface area contributed by atoms with E-state index in [2.05, 4.69) is 17.4 Å². The Balaban J connectivity index is 1.69. The minimum Gasteiger partial charge on any atom is -0.486 e. The van der Waals surface area contributed by atoms with Gasteiger partial charge in [0, 0.05) is 24.2 Å². The Bertz CT molecular complexity index is 1050. The zero-order valence-corrected chi connectivity index (χ0v) is 17.8. The SMILES string of the molecule is C=C(NNC(=O)c1cccc(S(=O)(=O)N(CC)CC)c1)c1ccc2c(c1)OCCO2. The first-order valence-corrected chi connectivity index (χ1v) is 11.1. The van der Waals surface area contributed by atoms with Crippen molar-refractivity contribution in [1.29, 1.82) is 0 Å². The Morgan fingerprint density at radius 2 is 1.70 bits per heavy atom. The van der Waals surface area contributed by atoms with Crippen molar-refractivity contribution in [3.8, 4) is 11.5 Å². The Hall–Kier alpha value is -3.04. The summed E-state index contributed by atoms with van der Waals surface area (Å²) in [6.07, 6.45) is 0. The van der Waals surface area contributed by atoms with Gasteiger partial charge < -0.3 is 9.47 Å². The van der Waals surface area contributed by atoms with E-state index in [0.29, 0.717) is 43.5 Å². The van der Waals surface area contributed by atoms with Crippen molar-refractivity contribution < 1.29 is 22.7 Å². The van der Waals surface area contributed by atoms with Gasteiger partial charge in [-0.3, -0.25) is 15.6 Å². The van der Waals surface area contributed by atoms with E-state index in [4.69, 9.17) is 9.47 Å². The van der Waals surface area contributed by atoms with Gasteiger partial charge in [-0.05, 0) is 36.4 Å². The van der Waals surface area contributed by atoms with Crippen LogP contribution < -0.4 is 20.3 Å². The van der Waals surface area contributed by atoms with E-state index in [-0.39, 0.29) is 10.5 Å². The van der Waals surface area contributed by atoms with Gasteiger partial charge in [-0.2, -0.15) is 4.31 Å². The molecule has 2 aromatic rings. The molecule has 2 aromatic carbocycles. The lowest BCUT2D eigenvalue weighted by atomic mass is 10.1. The number of hydrazine groups is 1. The van der Waals surface area contributed by atoms with Crippen LogP contribution in [-0.4, -0.2) is 44.9 Å². The Morgan fingerprint density at radius 1 is 1.00 bits per heavy atom. The van der Waals surface area contributed by atoms with Crippen LogP contribution in [0, 0.1) is 0 Å². The van der Waals surface area contributed by atoms with Crippen molar-refractivity contribution in [2.45, 2.75) is 18.7 Å². The first-order chi connectivity index (χ1) is 14.4. The van der Waals surface area contributed by atoms with E-state index in [1.165, 1.54) is 16.4 Å². The number of benzene rings is 2. The van der Waals surface area contributed by atoms with Crippen LogP contribution in [0.2, 0.25) is 0 Å². The van der Waals surface area contributed by atoms with Crippen LogP contribution in [0.3, 0.4) is 0 Å². The molecule has 0 unspecified atom stereocenters. The Morgan fingerprint density at radius 3 is 2.40 bits per heavy atom. The van der Waals surface area contributed by atoms with Crippen LogP contribution in [0.1, 0.15) is 29.8 Å². The lowest BCUT2D eigenvalue weighted by Gasteiger charge is -2.20. The van der Waals surface area contributed by atoms with Gasteiger partial charge in [0.25, 0.3) is 5.91 Å². The van der Waals surface area contributed by atoms with Gasteiger partial charge in [0.2, 0.25) is 10.0 Å². The quantitative estimate of drug-likeness (QED) is 0.623. The van der Waals surface area contributed by atoms with E-state index in [9.17, 15) is 13.2 Å². The van der Waals surface area contributed by atoms with E-state index >= 15 is 0 Å². The van der Waals surface area contributed by atoms with Gasteiger partial charge in [0.05, 0.1) is 10.6 Å². The molecular weight excluding hydrogens is 406 g/mol. The molecule has 0 saturated carbocycles. The van der Waals surface area contributed by atoms with E-state index in [0.717, 1.165) is 5.56 Å². The summed E-state index contributed by atoms with van der Waals surface area (Å²) in [4.78, 5) is 12.6. The molecule has 0 saturated heterocycles. The van der Waals surface area contributed by atoms with Gasteiger partial charge in [-0.15, -0.1) is 0 Å². The summed E-state index contributed by atoms with van der Waals surface area (Å²) < 4.78 is 37.7. The molecule has 1 amide bonds. The van der Waals surface area contributed by atoms with Crippen LogP contribution in [0.25, 0.3) is 5.70 Å². The normalized spacial score (nSPS) is 13.0. The van der Waals surface area contributed by atoms with E-state index in [1.807, 2.05) is 0 Å². The maximum Gasteiger partial charge on any atom is 0.269 e. The molecule has 8 nitrogen and oxygen atoms in total. The van der Waals surface area contributed by atoms with Crippen molar-refractivity contribution in [1.82, 2.24) is 15.2 Å². The molecular formula is C21H25N3O5S. The topological polar surface area (TPSA) is 97.0 Å². The molecule has 0 aliphatic carbocycles. The third-order valence-corrected chi connectivity index (χ3v) is 6.70. The number of hydrogen-bond donors (Lipinski definition) is 2. The highest BCUT2D eigenvalue weighted by atomic mass is 32.2. The Kier molecular flexibility index (Phi) is 6.63. The van der Waals surface area contributed by atoms with Crippen molar-refractivity contribution in [2.24, 2.45) is 0 Å². The van der Waals surface area contributed by atoms with Crippen molar-refractivity contribution in [2.75, 3.05) is 26.3 Å². The fraction of sp³-hybridized carbons (Fsp3) is 0.286. The number of nitrogens with one attached hydrogen (secondary N) is 2. The fourth-order valence-electron chi connectivity index (χ4n) is 3.02. The summed E-state index contributed by atoms with van der Waals surface area (Å²) in [5, 5.41) is 0. The largest absolute Gasteiger partial charge is 0.486 e. The minimum absolute atomic E-state index is 0.0736. The smallest absolute Gasteiger partial charge is 0.269 e. The molecule has 0 radical (unpaired) electrons. The number of fused-ring (bicyclic) bond motifs is 1. The zero-order chi connectivity index (χ0) is 21.7. The highest BCUT2D eigenvalue weighted by Gasteiger charge is 2.22. The van der Waals surface area contributed by atoms with Crippen molar-refractivity contribution in [3.63, 3.8) is 0 Å². The molecule has 0 aromatic heterocycles. The molecule has 0 fully saturated rings. The number of nitrogens with zero attached hydrogens (tertiary/aromatic N) is 1. The maximum absolute atomic E-state index is 12.7. The second-order valence-corrected chi connectivity index (χ2v) is 8.47. The standard InChI is InChI=1S/C21H25N3O5S/c1-4-24(5-2)30(26,27)18-8-6-7-17(13-18)21(25)23-22-15(3)16-9-10-19-20(14-16)29-12-11-28-19/h6-10,13-14,22H,3-5,11-12H2,1-2H3,(H,23,25). The summed E-state index contributed by atoms with van der Waals surface area (Å²) in [7, 11) is -3.65. The van der Waals surface area contributed by atoms with Crippen LogP contribution >= 0.6 is 0 Å². The number of carbonyl (C=O) groups is 1. The lowest BCUT2D eigenvalue weighted by molar-refractivity contribution is 0.0942. The molecule has 30 heavy (non-hydrogen) atoms. The number of hydrogen-bond acceptors (Lipinski definition) is 6. The summed E-state index contributed by atoms with van der Waals surface area (Å²) in [6.45, 7) is 9.14. The minimum atomic E-state index is -3.65. The molecule has 0 atom stereocenters. The van der Waals surface area contributed by atoms with E-state index < -0.39 is 15.9 Å². The highest BCUT2D eigenvalue weighted by molar-refractivity contribution is 7.89. The van der Waals surface area contributed by atoms with Crippen molar-refractivity contribution in [3.05, 3.63) is 60.2 Å². The highest BCUT2D eigenvalue weighted by Crippen LogP contribution is 2.32. The second kappa shape index (κ2) is 9.19. The molecule has 1 aliphatic heterocycles. The van der Waals surface area contributed by atoms with Crippen LogP contribution in [0.5, 0.6) is 11.5 Å². The molecule has 9 heteroatoms. The summed E-state index contributed by atoms with van der Waals surface area (Å²) >= 11 is 0. The molecule has 0 bridgehead atoms. The molecule has 2 N–H and O–H groups in total. The third-order valence-electron chi connectivity index (χ3n) is 4.66. The molecule has 1 heterocycles. The number of rotatable bonds is 8. The van der Waals surface area contributed by atoms with Gasteiger partial charge in [0.15, 0.2) is 11.5 Å². The number of carbonyl (C=O) groups excluding carboxylic acids is 1. The fourth-order valence-corrected chi connectivity index (χ4v) is 4.52. The monoisotopic (exact) mass is 431 g/mol. The first kappa shape index (κ1) is 21.7. The predicted octanol–water partition coefficient (Wildman–Crippen LogP) is 2.39. The molecule has 160 valence electrons. The molecule has 3 rings (SSSR count). The van der Waals surface area contributed by atoms with Crippen LogP contribution in [0.4, 0.5) is 0 Å². The van der Waals surface area contributed by atoms with E-state index in [1.54, 1.807) is 44.2 Å². The van der Waals surface area contributed by atoms with Crippen LogP contribution in [-0.2, 0) is 10.0 Å². The number of amides is 1. The molecule has 0 spiro atoms. The third kappa shape index (κ3) is 4.58. The average molecular weight is 432 g/mol.